The number of likely N-dealkylation sites (tertiary alicyclic amines) is 1. The Labute approximate surface area is 113 Å². The number of piperidine rings is 1. The Balaban J connectivity index is 1.50. The summed E-state index contributed by atoms with van der Waals surface area (Å²) in [7, 11) is 0. The van der Waals surface area contributed by atoms with Gasteiger partial charge in [-0.05, 0) is 24.8 Å². The summed E-state index contributed by atoms with van der Waals surface area (Å²) in [6.45, 7) is 2.01. The van der Waals surface area contributed by atoms with Crippen LogP contribution in [0.1, 0.15) is 30.7 Å². The van der Waals surface area contributed by atoms with Crippen LogP contribution in [-0.4, -0.2) is 36.2 Å². The molecule has 19 heavy (non-hydrogen) atoms. The zero-order valence-electron chi connectivity index (χ0n) is 11.0. The second-order valence-corrected chi connectivity index (χ2v) is 5.49. The highest BCUT2D eigenvalue weighted by Crippen LogP contribution is 2.45. The Hall–Kier alpha value is -1.55. The van der Waals surface area contributed by atoms with Crippen molar-refractivity contribution < 1.29 is 9.53 Å². The molecule has 2 aliphatic rings. The van der Waals surface area contributed by atoms with Gasteiger partial charge in [0.25, 0.3) is 0 Å². The van der Waals surface area contributed by atoms with Gasteiger partial charge in [-0.3, -0.25) is 4.90 Å². The summed E-state index contributed by atoms with van der Waals surface area (Å²) in [5.74, 6) is 0.690. The first kappa shape index (κ1) is 12.5. The molecule has 3 rings (SSSR count). The number of carbonyl (C=O) groups excluding carboxylic acids is 1. The van der Waals surface area contributed by atoms with E-state index in [1.165, 1.54) is 12.0 Å². The molecule has 1 heterocycles. The lowest BCUT2D eigenvalue weighted by Gasteiger charge is -2.31. The SMILES string of the molecule is NC(=O)OC1CCN([C@@H]2C[C@H]2c2ccccc2)CC1. The third kappa shape index (κ3) is 2.89. The number of primary amides is 1. The minimum absolute atomic E-state index is 0.0164. The molecule has 1 aromatic carbocycles. The number of rotatable bonds is 3. The van der Waals surface area contributed by atoms with Gasteiger partial charge < -0.3 is 10.5 Å². The number of nitrogens with zero attached hydrogens (tertiary/aromatic N) is 1. The van der Waals surface area contributed by atoms with Gasteiger partial charge in [0.15, 0.2) is 0 Å². The lowest BCUT2D eigenvalue weighted by atomic mass is 10.1. The van der Waals surface area contributed by atoms with Gasteiger partial charge in [0.05, 0.1) is 0 Å². The number of carbonyl (C=O) groups is 1. The summed E-state index contributed by atoms with van der Waals surface area (Å²) in [4.78, 5) is 13.2. The molecule has 1 saturated heterocycles. The summed E-state index contributed by atoms with van der Waals surface area (Å²) in [5, 5.41) is 0. The van der Waals surface area contributed by atoms with E-state index in [9.17, 15) is 4.79 Å². The predicted octanol–water partition coefficient (Wildman–Crippen LogP) is 2.10. The van der Waals surface area contributed by atoms with Crippen molar-refractivity contribution in [2.45, 2.75) is 37.3 Å². The van der Waals surface area contributed by atoms with Crippen LogP contribution in [-0.2, 0) is 4.74 Å². The number of hydrogen-bond acceptors (Lipinski definition) is 3. The maximum absolute atomic E-state index is 10.7. The first-order chi connectivity index (χ1) is 9.24. The lowest BCUT2D eigenvalue weighted by Crippen LogP contribution is -2.40. The van der Waals surface area contributed by atoms with Crippen molar-refractivity contribution in [2.75, 3.05) is 13.1 Å². The fourth-order valence-corrected chi connectivity index (χ4v) is 3.13. The number of ether oxygens (including phenoxy) is 1. The van der Waals surface area contributed by atoms with E-state index in [0.717, 1.165) is 25.9 Å². The Morgan fingerprint density at radius 1 is 1.21 bits per heavy atom. The summed E-state index contributed by atoms with van der Waals surface area (Å²) < 4.78 is 5.06. The molecule has 2 N–H and O–H groups in total. The van der Waals surface area contributed by atoms with Gasteiger partial charge in [0.2, 0.25) is 0 Å². The van der Waals surface area contributed by atoms with Crippen LogP contribution in [0.5, 0.6) is 0 Å². The van der Waals surface area contributed by atoms with E-state index in [1.54, 1.807) is 0 Å². The summed E-state index contributed by atoms with van der Waals surface area (Å²) in [6.07, 6.45) is 2.43. The van der Waals surface area contributed by atoms with E-state index < -0.39 is 6.09 Å². The second-order valence-electron chi connectivity index (χ2n) is 5.49. The van der Waals surface area contributed by atoms with Crippen LogP contribution in [0.15, 0.2) is 30.3 Å². The molecule has 0 radical (unpaired) electrons. The molecule has 1 aliphatic heterocycles. The van der Waals surface area contributed by atoms with Crippen LogP contribution in [0, 0.1) is 0 Å². The van der Waals surface area contributed by atoms with E-state index in [-0.39, 0.29) is 6.10 Å². The Morgan fingerprint density at radius 3 is 2.53 bits per heavy atom. The fourth-order valence-electron chi connectivity index (χ4n) is 3.13. The van der Waals surface area contributed by atoms with Crippen LogP contribution < -0.4 is 5.73 Å². The molecule has 0 unspecified atom stereocenters. The van der Waals surface area contributed by atoms with Gasteiger partial charge in [0.1, 0.15) is 6.10 Å². The van der Waals surface area contributed by atoms with Gasteiger partial charge in [-0.25, -0.2) is 4.79 Å². The Bertz CT molecular complexity index is 441. The van der Waals surface area contributed by atoms with Crippen LogP contribution in [0.25, 0.3) is 0 Å². The van der Waals surface area contributed by atoms with Crippen LogP contribution in [0.2, 0.25) is 0 Å². The average molecular weight is 260 g/mol. The Morgan fingerprint density at radius 2 is 1.89 bits per heavy atom. The molecule has 1 aromatic rings. The third-order valence-electron chi connectivity index (χ3n) is 4.21. The van der Waals surface area contributed by atoms with Gasteiger partial charge in [-0.2, -0.15) is 0 Å². The maximum Gasteiger partial charge on any atom is 0.404 e. The molecular weight excluding hydrogens is 240 g/mol. The van der Waals surface area contributed by atoms with Gasteiger partial charge in [-0.15, -0.1) is 0 Å². The smallest absolute Gasteiger partial charge is 0.404 e. The number of nitrogens with two attached hydrogens (primary N) is 1. The van der Waals surface area contributed by atoms with E-state index in [1.807, 2.05) is 0 Å². The quantitative estimate of drug-likeness (QED) is 0.905. The molecule has 2 fully saturated rings. The molecule has 1 aliphatic carbocycles. The lowest BCUT2D eigenvalue weighted by molar-refractivity contribution is 0.0535. The van der Waals surface area contributed by atoms with E-state index in [4.69, 9.17) is 10.5 Å². The van der Waals surface area contributed by atoms with E-state index >= 15 is 0 Å². The minimum atomic E-state index is -0.646. The first-order valence-electron chi connectivity index (χ1n) is 6.99. The number of amides is 1. The largest absolute Gasteiger partial charge is 0.446 e. The van der Waals surface area contributed by atoms with Crippen molar-refractivity contribution in [1.82, 2.24) is 4.90 Å². The molecule has 2 atom stereocenters. The Kier molecular flexibility index (Phi) is 3.42. The van der Waals surface area contributed by atoms with Gasteiger partial charge >= 0.3 is 6.09 Å². The zero-order chi connectivity index (χ0) is 13.2. The second kappa shape index (κ2) is 5.21. The fraction of sp³-hybridized carbons (Fsp3) is 0.533. The van der Waals surface area contributed by atoms with Crippen LogP contribution in [0.3, 0.4) is 0 Å². The molecule has 0 spiro atoms. The van der Waals surface area contributed by atoms with E-state index in [2.05, 4.69) is 35.2 Å². The first-order valence-corrected chi connectivity index (χ1v) is 6.99. The molecule has 0 bridgehead atoms. The molecule has 1 amide bonds. The normalized spacial score (nSPS) is 28.0. The highest BCUT2D eigenvalue weighted by atomic mass is 16.6. The van der Waals surface area contributed by atoms with Crippen molar-refractivity contribution in [2.24, 2.45) is 5.73 Å². The third-order valence-corrected chi connectivity index (χ3v) is 4.21. The van der Waals surface area contributed by atoms with Crippen molar-refractivity contribution in [1.29, 1.82) is 0 Å². The summed E-state index contributed by atoms with van der Waals surface area (Å²) in [5.41, 5.74) is 6.50. The predicted molar refractivity (Wildman–Crippen MR) is 72.9 cm³/mol. The average Bonchev–Trinajstić information content (AvgIpc) is 3.20. The van der Waals surface area contributed by atoms with Gasteiger partial charge in [-0.1, -0.05) is 30.3 Å². The van der Waals surface area contributed by atoms with Crippen molar-refractivity contribution in [3.05, 3.63) is 35.9 Å². The van der Waals surface area contributed by atoms with Crippen LogP contribution in [0.4, 0.5) is 4.79 Å². The zero-order valence-corrected chi connectivity index (χ0v) is 11.0. The van der Waals surface area contributed by atoms with E-state index in [0.29, 0.717) is 12.0 Å². The monoisotopic (exact) mass is 260 g/mol. The van der Waals surface area contributed by atoms with Crippen molar-refractivity contribution >= 4 is 6.09 Å². The highest BCUT2D eigenvalue weighted by molar-refractivity contribution is 5.64. The summed E-state index contributed by atoms with van der Waals surface area (Å²) in [6, 6.07) is 11.4. The standard InChI is InChI=1S/C15H20N2O2/c16-15(18)19-12-6-8-17(9-7-12)14-10-13(14)11-4-2-1-3-5-11/h1-5,12-14H,6-10H2,(H2,16,18)/t13-,14+/m0/s1. The molecular formula is C15H20N2O2. The number of benzene rings is 1. The minimum Gasteiger partial charge on any atom is -0.446 e. The van der Waals surface area contributed by atoms with Crippen molar-refractivity contribution in [3.63, 3.8) is 0 Å². The summed E-state index contributed by atoms with van der Waals surface area (Å²) >= 11 is 0. The molecule has 4 heteroatoms. The molecule has 102 valence electrons. The topological polar surface area (TPSA) is 55.6 Å². The maximum atomic E-state index is 10.7. The van der Waals surface area contributed by atoms with Gasteiger partial charge in [0, 0.05) is 25.0 Å². The molecule has 0 aromatic heterocycles. The molecule has 4 nitrogen and oxygen atoms in total. The van der Waals surface area contributed by atoms with Crippen molar-refractivity contribution in [3.8, 4) is 0 Å². The highest BCUT2D eigenvalue weighted by Gasteiger charge is 2.43. The molecule has 1 saturated carbocycles. The number of hydrogen-bond donors (Lipinski definition) is 1. The van der Waals surface area contributed by atoms with Crippen LogP contribution >= 0.6 is 0 Å².